The Morgan fingerprint density at radius 2 is 1.93 bits per heavy atom. The quantitative estimate of drug-likeness (QED) is 0.259. The van der Waals surface area contributed by atoms with E-state index in [1.165, 1.54) is 31.4 Å². The Bertz CT molecular complexity index is 1040. The van der Waals surface area contributed by atoms with Gasteiger partial charge in [-0.1, -0.05) is 12.1 Å². The molecule has 8 nitrogen and oxygen atoms in total. The summed E-state index contributed by atoms with van der Waals surface area (Å²) >= 11 is 0. The molecule has 1 aromatic carbocycles. The number of hydrogen-bond acceptors (Lipinski definition) is 7. The zero-order chi connectivity index (χ0) is 21.0. The van der Waals surface area contributed by atoms with E-state index < -0.39 is 24.0 Å². The molecule has 0 aliphatic rings. The van der Waals surface area contributed by atoms with Gasteiger partial charge >= 0.3 is 12.3 Å². The molecular weight excluding hydrogens is 388 g/mol. The van der Waals surface area contributed by atoms with Crippen molar-refractivity contribution in [3.05, 3.63) is 59.9 Å². The Hall–Kier alpha value is -3.66. The molecule has 29 heavy (non-hydrogen) atoms. The molecule has 1 unspecified atom stereocenters. The molecule has 0 N–H and O–H groups in total. The molecule has 0 radical (unpaired) electrons. The van der Waals surface area contributed by atoms with Crippen LogP contribution in [-0.4, -0.2) is 47.5 Å². The first-order chi connectivity index (χ1) is 14.0. The third-order valence-corrected chi connectivity index (χ3v) is 3.91. The zero-order valence-electron chi connectivity index (χ0n) is 15.3. The van der Waals surface area contributed by atoms with E-state index in [4.69, 9.17) is 9.47 Å². The van der Waals surface area contributed by atoms with Crippen molar-refractivity contribution in [1.29, 1.82) is 0 Å². The van der Waals surface area contributed by atoms with Crippen molar-refractivity contribution in [3.8, 4) is 22.8 Å². The first-order valence-electron chi connectivity index (χ1n) is 8.22. The van der Waals surface area contributed by atoms with Crippen molar-refractivity contribution in [2.75, 3.05) is 14.2 Å². The van der Waals surface area contributed by atoms with Crippen LogP contribution in [0.5, 0.6) is 5.88 Å². The lowest BCUT2D eigenvalue weighted by Gasteiger charge is -2.13. The molecule has 0 aliphatic carbocycles. The molecule has 3 aromatic rings. The summed E-state index contributed by atoms with van der Waals surface area (Å²) in [7, 11) is 2.33. The highest BCUT2D eigenvalue weighted by Gasteiger charge is 2.28. The number of aromatic nitrogens is 3. The van der Waals surface area contributed by atoms with Gasteiger partial charge in [0.2, 0.25) is 11.8 Å². The Kier molecular flexibility index (Phi) is 5.93. The zero-order valence-corrected chi connectivity index (χ0v) is 15.3. The summed E-state index contributed by atoms with van der Waals surface area (Å²) < 4.78 is 43.7. The molecule has 0 aliphatic heterocycles. The van der Waals surface area contributed by atoms with Crippen molar-refractivity contribution in [2.24, 2.45) is 0 Å². The molecule has 2 heterocycles. The lowest BCUT2D eigenvalue weighted by atomic mass is 10.1. The number of benzene rings is 1. The molecule has 0 spiro atoms. The number of hydrogen-bond donors (Lipinski definition) is 0. The highest BCUT2D eigenvalue weighted by Crippen LogP contribution is 2.33. The predicted molar refractivity (Wildman–Crippen MR) is 95.5 cm³/mol. The number of ether oxygens (including phenoxy) is 3. The fraction of sp³-hybridized carbons (Fsp3) is 0.158. The van der Waals surface area contributed by atoms with E-state index in [1.54, 1.807) is 6.07 Å². The van der Waals surface area contributed by atoms with Crippen LogP contribution < -0.4 is 4.74 Å². The maximum Gasteiger partial charge on any atom is 0.376 e. The van der Waals surface area contributed by atoms with Gasteiger partial charge in [-0.15, -0.1) is 5.10 Å². The highest BCUT2D eigenvalue weighted by molar-refractivity contribution is 5.89. The van der Waals surface area contributed by atoms with Gasteiger partial charge in [0.1, 0.15) is 17.1 Å². The normalized spacial score (nSPS) is 11.7. The molecule has 0 amide bonds. The average Bonchev–Trinajstić information content (AvgIpc) is 3.10. The molecule has 0 saturated heterocycles. The molecule has 0 fully saturated rings. The number of esters is 1. The number of halogens is 2. The number of nitrogens with zero attached hydrogens (tertiary/aromatic N) is 3. The second kappa shape index (κ2) is 8.57. The van der Waals surface area contributed by atoms with Gasteiger partial charge in [-0.25, -0.2) is 18.9 Å². The van der Waals surface area contributed by atoms with Crippen LogP contribution in [0.4, 0.5) is 8.78 Å². The van der Waals surface area contributed by atoms with Gasteiger partial charge < -0.3 is 14.2 Å². The summed E-state index contributed by atoms with van der Waals surface area (Å²) in [5, 5.41) is 4.13. The van der Waals surface area contributed by atoms with E-state index in [2.05, 4.69) is 14.8 Å². The molecule has 1 atom stereocenters. The maximum atomic E-state index is 14.4. The van der Waals surface area contributed by atoms with Gasteiger partial charge in [0.15, 0.2) is 6.29 Å². The molecule has 0 bridgehead atoms. The van der Waals surface area contributed by atoms with E-state index in [-0.39, 0.29) is 28.4 Å². The Morgan fingerprint density at radius 3 is 2.52 bits per heavy atom. The van der Waals surface area contributed by atoms with Crippen LogP contribution in [0.15, 0.2) is 42.6 Å². The van der Waals surface area contributed by atoms with Crippen molar-refractivity contribution in [3.63, 3.8) is 0 Å². The van der Waals surface area contributed by atoms with E-state index in [0.29, 0.717) is 6.29 Å². The van der Waals surface area contributed by atoms with Crippen LogP contribution in [0.2, 0.25) is 0 Å². The molecule has 150 valence electrons. The van der Waals surface area contributed by atoms with Gasteiger partial charge in [0, 0.05) is 18.9 Å². The summed E-state index contributed by atoms with van der Waals surface area (Å²) in [6.07, 6.45) is 0.0681. The van der Waals surface area contributed by atoms with Crippen LogP contribution in [-0.2, 0) is 14.3 Å². The first kappa shape index (κ1) is 20.1. The number of pyridine rings is 1. The predicted octanol–water partition coefficient (Wildman–Crippen LogP) is 2.55. The minimum absolute atomic E-state index is 0.00295. The van der Waals surface area contributed by atoms with Crippen molar-refractivity contribution >= 4 is 12.3 Å². The molecule has 10 heteroatoms. The lowest BCUT2D eigenvalue weighted by Crippen LogP contribution is -2.30. The van der Waals surface area contributed by atoms with Crippen molar-refractivity contribution in [2.45, 2.75) is 6.29 Å². The Labute approximate surface area is 163 Å². The van der Waals surface area contributed by atoms with Crippen LogP contribution in [0.25, 0.3) is 16.9 Å². The minimum Gasteiger partial charge on any atom is -0.464 e. The fourth-order valence-corrected chi connectivity index (χ4v) is 2.58. The molecule has 2 aromatic heterocycles. The smallest absolute Gasteiger partial charge is 0.376 e. The molecule has 0 saturated carbocycles. The van der Waals surface area contributed by atoms with E-state index in [9.17, 15) is 18.4 Å². The van der Waals surface area contributed by atoms with Gasteiger partial charge in [0.05, 0.1) is 12.8 Å². The second-order valence-corrected chi connectivity index (χ2v) is 5.63. The van der Waals surface area contributed by atoms with Crippen LogP contribution >= 0.6 is 0 Å². The standard InChI is InChI=1S/C19H15F2N3O5/c1-27-18(26)19(28-2)29-17-12(10-25)16(11-7-8-15(21)22-9-11)24(23-17)14-6-4-3-5-13(14)20/h3-10,19H,1-2H3. The van der Waals surface area contributed by atoms with Gasteiger partial charge in [-0.2, -0.15) is 4.39 Å². The van der Waals surface area contributed by atoms with Crippen LogP contribution in [0.3, 0.4) is 0 Å². The summed E-state index contributed by atoms with van der Waals surface area (Å²) in [6, 6.07) is 8.11. The number of carbonyl (C=O) groups is 2. The number of methoxy groups -OCH3 is 2. The summed E-state index contributed by atoms with van der Waals surface area (Å²) in [5.41, 5.74) is 0.239. The third kappa shape index (κ3) is 3.97. The largest absolute Gasteiger partial charge is 0.464 e. The average molecular weight is 403 g/mol. The van der Waals surface area contributed by atoms with Crippen molar-refractivity contribution < 1.29 is 32.6 Å². The summed E-state index contributed by atoms with van der Waals surface area (Å²) in [6.45, 7) is 0. The highest BCUT2D eigenvalue weighted by atomic mass is 19.1. The first-order valence-corrected chi connectivity index (χ1v) is 8.22. The van der Waals surface area contributed by atoms with Crippen LogP contribution in [0.1, 0.15) is 10.4 Å². The minimum atomic E-state index is -1.51. The SMILES string of the molecule is COC(=O)C(OC)Oc1nn(-c2ccccc2F)c(-c2ccc(F)nc2)c1C=O. The molecular formula is C19H15F2N3O5. The lowest BCUT2D eigenvalue weighted by molar-refractivity contribution is -0.170. The van der Waals surface area contributed by atoms with Gasteiger partial charge in [0.25, 0.3) is 0 Å². The van der Waals surface area contributed by atoms with Crippen molar-refractivity contribution in [1.82, 2.24) is 14.8 Å². The monoisotopic (exact) mass is 403 g/mol. The number of carbonyl (C=O) groups excluding carboxylic acids is 2. The third-order valence-electron chi connectivity index (χ3n) is 3.91. The second-order valence-electron chi connectivity index (χ2n) is 5.63. The van der Waals surface area contributed by atoms with E-state index in [1.807, 2.05) is 0 Å². The number of aldehydes is 1. The van der Waals surface area contributed by atoms with Gasteiger partial charge in [-0.05, 0) is 24.3 Å². The van der Waals surface area contributed by atoms with Gasteiger partial charge in [-0.3, -0.25) is 4.79 Å². The Balaban J connectivity index is 2.22. The number of para-hydroxylation sites is 1. The maximum absolute atomic E-state index is 14.4. The molecule has 3 rings (SSSR count). The summed E-state index contributed by atoms with van der Waals surface area (Å²) in [5.74, 6) is -2.54. The number of rotatable bonds is 7. The van der Waals surface area contributed by atoms with E-state index >= 15 is 0 Å². The Morgan fingerprint density at radius 1 is 1.17 bits per heavy atom. The van der Waals surface area contributed by atoms with Crippen LogP contribution in [0, 0.1) is 11.8 Å². The summed E-state index contributed by atoms with van der Waals surface area (Å²) in [4.78, 5) is 27.2. The fourth-order valence-electron chi connectivity index (χ4n) is 2.58. The van der Waals surface area contributed by atoms with E-state index in [0.717, 1.165) is 24.1 Å². The topological polar surface area (TPSA) is 92.5 Å².